The first-order chi connectivity index (χ1) is 14.4. The van der Waals surface area contributed by atoms with E-state index in [0.717, 1.165) is 49.4 Å². The zero-order chi connectivity index (χ0) is 21.3. The first-order valence-corrected chi connectivity index (χ1v) is 10.2. The molecule has 2 aliphatic rings. The number of hydrogen-bond acceptors (Lipinski definition) is 6. The van der Waals surface area contributed by atoms with Gasteiger partial charge in [-0.15, -0.1) is 5.10 Å². The number of nitrogens with zero attached hydrogens (tertiary/aromatic N) is 5. The molecular formula is C22H28N6O2. The number of anilines is 1. The zero-order valence-corrected chi connectivity index (χ0v) is 17.4. The summed E-state index contributed by atoms with van der Waals surface area (Å²) in [5, 5.41) is 12.3. The molecule has 0 amide bonds. The standard InChI is InChI=1S/C18H22N6.C4H6O2/c1-22(2)15-11-23(12-15)10-13-6-8-14(9-7-13)16-4-3-5-17-20-18(19)21-24(16)17;5-4(6)3-1-2-3/h3-9,15H,10-12H2,1-2H3,(H2,19,21);3H,1-2H2,(H,5,6). The van der Waals surface area contributed by atoms with E-state index in [1.807, 2.05) is 18.2 Å². The molecule has 0 bridgehead atoms. The Balaban J connectivity index is 0.000000313. The molecule has 0 spiro atoms. The largest absolute Gasteiger partial charge is 0.481 e. The Morgan fingerprint density at radius 2 is 1.87 bits per heavy atom. The van der Waals surface area contributed by atoms with Crippen LogP contribution in [0, 0.1) is 5.92 Å². The van der Waals surface area contributed by atoms with Gasteiger partial charge in [0.1, 0.15) is 0 Å². The molecule has 0 unspecified atom stereocenters. The van der Waals surface area contributed by atoms with E-state index in [2.05, 4.69) is 58.2 Å². The van der Waals surface area contributed by atoms with Gasteiger partial charge in [0.05, 0.1) is 11.6 Å². The summed E-state index contributed by atoms with van der Waals surface area (Å²) in [6.45, 7) is 3.30. The Kier molecular flexibility index (Phi) is 5.69. The zero-order valence-electron chi connectivity index (χ0n) is 17.4. The molecule has 3 N–H and O–H groups in total. The first-order valence-electron chi connectivity index (χ1n) is 10.2. The number of likely N-dealkylation sites (N-methyl/N-ethyl adjacent to an activating group) is 1. The van der Waals surface area contributed by atoms with E-state index >= 15 is 0 Å². The van der Waals surface area contributed by atoms with E-state index in [1.165, 1.54) is 5.56 Å². The SMILES string of the molecule is CN(C)C1CN(Cc2ccc(-c3cccc4nc(N)nn34)cc2)C1.O=C(O)C1CC1. The van der Waals surface area contributed by atoms with E-state index in [1.54, 1.807) is 4.52 Å². The highest BCUT2D eigenvalue weighted by Gasteiger charge is 2.29. The maximum absolute atomic E-state index is 9.76. The van der Waals surface area contributed by atoms with Crippen LogP contribution in [0.1, 0.15) is 18.4 Å². The topological polar surface area (TPSA) is 100.0 Å². The van der Waals surface area contributed by atoms with Crippen LogP contribution >= 0.6 is 0 Å². The Labute approximate surface area is 175 Å². The molecule has 1 saturated carbocycles. The predicted octanol–water partition coefficient (Wildman–Crippen LogP) is 2.21. The number of fused-ring (bicyclic) bond motifs is 1. The van der Waals surface area contributed by atoms with Gasteiger partial charge in [-0.25, -0.2) is 4.52 Å². The minimum Gasteiger partial charge on any atom is -0.481 e. The summed E-state index contributed by atoms with van der Waals surface area (Å²) < 4.78 is 1.79. The number of likely N-dealkylation sites (tertiary alicyclic amines) is 1. The van der Waals surface area contributed by atoms with Crippen LogP contribution in [0.5, 0.6) is 0 Å². The molecule has 158 valence electrons. The fourth-order valence-corrected chi connectivity index (χ4v) is 3.51. The van der Waals surface area contributed by atoms with Gasteiger partial charge in [0.25, 0.3) is 0 Å². The Hall–Kier alpha value is -2.97. The van der Waals surface area contributed by atoms with E-state index in [0.29, 0.717) is 12.0 Å². The summed E-state index contributed by atoms with van der Waals surface area (Å²) >= 11 is 0. The number of pyridine rings is 1. The van der Waals surface area contributed by atoms with Crippen LogP contribution in [0.2, 0.25) is 0 Å². The smallest absolute Gasteiger partial charge is 0.306 e. The molecule has 3 heterocycles. The second-order valence-corrected chi connectivity index (χ2v) is 8.27. The summed E-state index contributed by atoms with van der Waals surface area (Å²) in [5.41, 5.74) is 9.94. The van der Waals surface area contributed by atoms with Crippen LogP contribution in [-0.4, -0.2) is 68.7 Å². The maximum Gasteiger partial charge on any atom is 0.306 e. The maximum atomic E-state index is 9.76. The number of nitrogens with two attached hydrogens (primary N) is 1. The van der Waals surface area contributed by atoms with Crippen molar-refractivity contribution in [1.29, 1.82) is 0 Å². The molecule has 0 radical (unpaired) electrons. The van der Waals surface area contributed by atoms with Crippen molar-refractivity contribution >= 4 is 17.6 Å². The lowest BCUT2D eigenvalue weighted by Gasteiger charge is -2.42. The fourth-order valence-electron chi connectivity index (χ4n) is 3.51. The molecule has 3 aromatic rings. The summed E-state index contributed by atoms with van der Waals surface area (Å²) in [6, 6.07) is 15.3. The average Bonchev–Trinajstić information content (AvgIpc) is 3.46. The van der Waals surface area contributed by atoms with Crippen LogP contribution in [0.3, 0.4) is 0 Å². The summed E-state index contributed by atoms with van der Waals surface area (Å²) in [6.07, 6.45) is 1.80. The molecular weight excluding hydrogens is 380 g/mol. The van der Waals surface area contributed by atoms with Gasteiger partial charge in [-0.2, -0.15) is 4.98 Å². The Morgan fingerprint density at radius 1 is 1.17 bits per heavy atom. The molecule has 8 heteroatoms. The molecule has 8 nitrogen and oxygen atoms in total. The van der Waals surface area contributed by atoms with Crippen LogP contribution in [0.25, 0.3) is 16.9 Å². The highest BCUT2D eigenvalue weighted by Crippen LogP contribution is 2.28. The number of aliphatic carboxylic acids is 1. The van der Waals surface area contributed by atoms with Crippen molar-refractivity contribution < 1.29 is 9.90 Å². The number of nitrogen functional groups attached to an aromatic ring is 1. The third-order valence-corrected chi connectivity index (χ3v) is 5.63. The van der Waals surface area contributed by atoms with Gasteiger partial charge in [0.2, 0.25) is 5.95 Å². The lowest BCUT2D eigenvalue weighted by molar-refractivity contribution is -0.138. The van der Waals surface area contributed by atoms with Crippen molar-refractivity contribution in [3.63, 3.8) is 0 Å². The van der Waals surface area contributed by atoms with Gasteiger partial charge in [-0.05, 0) is 44.6 Å². The first kappa shape index (κ1) is 20.3. The molecule has 0 atom stereocenters. The molecule has 1 saturated heterocycles. The minimum atomic E-state index is -0.630. The van der Waals surface area contributed by atoms with Crippen LogP contribution in [0.15, 0.2) is 42.5 Å². The second-order valence-electron chi connectivity index (χ2n) is 8.27. The van der Waals surface area contributed by atoms with Crippen molar-refractivity contribution in [2.75, 3.05) is 32.9 Å². The van der Waals surface area contributed by atoms with Crippen LogP contribution < -0.4 is 5.73 Å². The quantitative estimate of drug-likeness (QED) is 0.668. The van der Waals surface area contributed by atoms with Gasteiger partial charge in [0.15, 0.2) is 5.65 Å². The van der Waals surface area contributed by atoms with E-state index in [9.17, 15) is 4.79 Å². The molecule has 1 aliphatic heterocycles. The summed E-state index contributed by atoms with van der Waals surface area (Å²) in [7, 11) is 4.29. The van der Waals surface area contributed by atoms with Gasteiger partial charge in [0, 0.05) is 31.2 Å². The third-order valence-electron chi connectivity index (χ3n) is 5.63. The van der Waals surface area contributed by atoms with Gasteiger partial charge >= 0.3 is 5.97 Å². The molecule has 2 fully saturated rings. The molecule has 30 heavy (non-hydrogen) atoms. The van der Waals surface area contributed by atoms with Crippen molar-refractivity contribution in [1.82, 2.24) is 24.4 Å². The number of carbonyl (C=O) groups is 1. The summed E-state index contributed by atoms with van der Waals surface area (Å²) in [5.74, 6) is -0.313. The van der Waals surface area contributed by atoms with Crippen LogP contribution in [0.4, 0.5) is 5.95 Å². The van der Waals surface area contributed by atoms with Crippen molar-refractivity contribution in [3.8, 4) is 11.3 Å². The number of aromatic nitrogens is 3. The Bertz CT molecular complexity index is 1020. The number of hydrogen-bond donors (Lipinski definition) is 2. The van der Waals surface area contributed by atoms with Gasteiger partial charge in [-0.3, -0.25) is 9.69 Å². The Morgan fingerprint density at radius 3 is 2.43 bits per heavy atom. The fraction of sp³-hybridized carbons (Fsp3) is 0.409. The van der Waals surface area contributed by atoms with Gasteiger partial charge < -0.3 is 15.7 Å². The molecule has 5 rings (SSSR count). The number of carboxylic acids is 1. The van der Waals surface area contributed by atoms with Gasteiger partial charge in [-0.1, -0.05) is 30.3 Å². The van der Waals surface area contributed by atoms with Crippen molar-refractivity contribution in [2.24, 2.45) is 5.92 Å². The third kappa shape index (κ3) is 4.60. The normalized spacial score (nSPS) is 16.9. The average molecular weight is 409 g/mol. The van der Waals surface area contributed by atoms with E-state index in [4.69, 9.17) is 10.8 Å². The minimum absolute atomic E-state index is 0.0185. The monoisotopic (exact) mass is 408 g/mol. The molecule has 1 aliphatic carbocycles. The van der Waals surface area contributed by atoms with E-state index in [-0.39, 0.29) is 5.92 Å². The second kappa shape index (κ2) is 8.41. The molecule has 1 aromatic carbocycles. The highest BCUT2D eigenvalue weighted by atomic mass is 16.4. The van der Waals surface area contributed by atoms with E-state index < -0.39 is 5.97 Å². The highest BCUT2D eigenvalue weighted by molar-refractivity contribution is 5.72. The lowest BCUT2D eigenvalue weighted by atomic mass is 10.0. The van der Waals surface area contributed by atoms with Crippen molar-refractivity contribution in [2.45, 2.75) is 25.4 Å². The number of benzene rings is 1. The predicted molar refractivity (Wildman–Crippen MR) is 116 cm³/mol. The van der Waals surface area contributed by atoms with Crippen LogP contribution in [-0.2, 0) is 11.3 Å². The number of carboxylic acid groups (broad SMARTS) is 1. The lowest BCUT2D eigenvalue weighted by Crippen LogP contribution is -2.56. The van der Waals surface area contributed by atoms with Crippen molar-refractivity contribution in [3.05, 3.63) is 48.0 Å². The number of rotatable bonds is 5. The summed E-state index contributed by atoms with van der Waals surface area (Å²) in [4.78, 5) is 18.7. The molecule has 2 aromatic heterocycles.